The van der Waals surface area contributed by atoms with Gasteiger partial charge in [0, 0.05) is 16.4 Å². The maximum Gasteiger partial charge on any atom is 0.0830 e. The molecule has 1 aromatic carbocycles. The molecule has 4 heterocycles. The maximum absolute atomic E-state index is 7.77. The molecule has 1 aliphatic carbocycles. The van der Waals surface area contributed by atoms with Gasteiger partial charge < -0.3 is 24.7 Å². The van der Waals surface area contributed by atoms with Crippen molar-refractivity contribution in [2.45, 2.75) is 88.7 Å². The molecular formula is C30H43NO4. The van der Waals surface area contributed by atoms with E-state index < -0.39 is 5.54 Å². The normalized spacial score (nSPS) is 45.7. The van der Waals surface area contributed by atoms with Crippen LogP contribution in [0.5, 0.6) is 0 Å². The van der Waals surface area contributed by atoms with Crippen molar-refractivity contribution in [3.63, 3.8) is 0 Å². The number of nitrogens with two attached hydrogens (primary N) is 1. The van der Waals surface area contributed by atoms with Crippen molar-refractivity contribution in [2.24, 2.45) is 28.4 Å². The molecule has 4 saturated heterocycles. The van der Waals surface area contributed by atoms with Crippen LogP contribution >= 0.6 is 0 Å². The molecule has 0 spiro atoms. The largest absolute Gasteiger partial charge is 0.373 e. The molecule has 4 fully saturated rings. The Kier molecular flexibility index (Phi) is 5.78. The lowest BCUT2D eigenvalue weighted by Gasteiger charge is -2.71. The highest BCUT2D eigenvalue weighted by Crippen LogP contribution is 2.73. The minimum atomic E-state index is -0.552. The summed E-state index contributed by atoms with van der Waals surface area (Å²) in [5, 5.41) is 0. The lowest BCUT2D eigenvalue weighted by molar-refractivity contribution is -0.139. The van der Waals surface area contributed by atoms with Crippen molar-refractivity contribution in [3.05, 3.63) is 48.0 Å². The molecule has 6 rings (SSSR count). The van der Waals surface area contributed by atoms with Gasteiger partial charge in [-0.1, -0.05) is 70.2 Å². The third-order valence-electron chi connectivity index (χ3n) is 10.2. The molecule has 5 aliphatic rings. The second-order valence-corrected chi connectivity index (χ2v) is 12.6. The van der Waals surface area contributed by atoms with E-state index in [4.69, 9.17) is 24.7 Å². The fraction of sp³-hybridized carbons (Fsp3) is 0.733. The molecule has 8 unspecified atom stereocenters. The molecular weight excluding hydrogens is 438 g/mol. The van der Waals surface area contributed by atoms with Gasteiger partial charge in [-0.25, -0.2) is 0 Å². The van der Waals surface area contributed by atoms with E-state index in [2.05, 4.69) is 70.2 Å². The van der Waals surface area contributed by atoms with Crippen LogP contribution in [0.1, 0.15) is 58.9 Å². The summed E-state index contributed by atoms with van der Waals surface area (Å²) in [7, 11) is 0. The molecule has 0 radical (unpaired) electrons. The summed E-state index contributed by atoms with van der Waals surface area (Å²) in [6, 6.07) is 11.2. The zero-order valence-electron chi connectivity index (χ0n) is 21.9. The van der Waals surface area contributed by atoms with E-state index in [-0.39, 0.29) is 34.6 Å². The van der Waals surface area contributed by atoms with Gasteiger partial charge in [0.25, 0.3) is 0 Å². The SMILES string of the molecule is CC(C)C1(CC2CO2)C=CC(N)(CC2CO2)C(CC2CO2)(c2ccccc2)C1(CC1CO1)C(C)C. The Balaban J connectivity index is 1.67. The van der Waals surface area contributed by atoms with Crippen molar-refractivity contribution in [1.82, 2.24) is 0 Å². The van der Waals surface area contributed by atoms with Gasteiger partial charge in [-0.3, -0.25) is 0 Å². The van der Waals surface area contributed by atoms with Gasteiger partial charge in [-0.2, -0.15) is 0 Å². The van der Waals surface area contributed by atoms with Crippen molar-refractivity contribution >= 4 is 0 Å². The van der Waals surface area contributed by atoms with E-state index in [1.807, 2.05) is 0 Å². The van der Waals surface area contributed by atoms with Crippen molar-refractivity contribution in [1.29, 1.82) is 0 Å². The average Bonchev–Trinajstić information content (AvgIpc) is 3.65. The second kappa shape index (κ2) is 8.39. The lowest BCUT2D eigenvalue weighted by atomic mass is 9.33. The average molecular weight is 482 g/mol. The van der Waals surface area contributed by atoms with Crippen LogP contribution in [0.4, 0.5) is 0 Å². The maximum atomic E-state index is 7.77. The van der Waals surface area contributed by atoms with E-state index in [0.717, 1.165) is 52.1 Å². The topological polar surface area (TPSA) is 76.1 Å². The predicted octanol–water partition coefficient (Wildman–Crippen LogP) is 4.63. The van der Waals surface area contributed by atoms with E-state index in [1.165, 1.54) is 5.56 Å². The number of epoxide rings is 4. The quantitative estimate of drug-likeness (QED) is 0.368. The minimum absolute atomic E-state index is 0.0771. The summed E-state index contributed by atoms with van der Waals surface area (Å²) in [5.74, 6) is 0.800. The van der Waals surface area contributed by atoms with E-state index >= 15 is 0 Å². The first-order chi connectivity index (χ1) is 16.8. The van der Waals surface area contributed by atoms with Crippen LogP contribution in [0.25, 0.3) is 0 Å². The molecule has 0 bridgehead atoms. The van der Waals surface area contributed by atoms with Crippen LogP contribution in [0.2, 0.25) is 0 Å². The van der Waals surface area contributed by atoms with Gasteiger partial charge in [0.05, 0.1) is 50.8 Å². The number of benzene rings is 1. The number of hydrogen-bond acceptors (Lipinski definition) is 5. The molecule has 2 N–H and O–H groups in total. The number of allylic oxidation sites excluding steroid dienone is 1. The Bertz CT molecular complexity index is 948. The van der Waals surface area contributed by atoms with Crippen LogP contribution < -0.4 is 5.73 Å². The highest BCUT2D eigenvalue weighted by Gasteiger charge is 2.74. The Morgan fingerprint density at radius 2 is 1.23 bits per heavy atom. The molecule has 192 valence electrons. The van der Waals surface area contributed by atoms with Gasteiger partial charge in [0.1, 0.15) is 0 Å². The van der Waals surface area contributed by atoms with E-state index in [9.17, 15) is 0 Å². The summed E-state index contributed by atoms with van der Waals surface area (Å²) in [5.41, 5.74) is 8.01. The van der Waals surface area contributed by atoms with Crippen LogP contribution in [0.3, 0.4) is 0 Å². The smallest absolute Gasteiger partial charge is 0.0830 e. The Hall–Kier alpha value is -1.24. The van der Waals surface area contributed by atoms with Crippen molar-refractivity contribution in [2.75, 3.05) is 26.4 Å². The summed E-state index contributed by atoms with van der Waals surface area (Å²) >= 11 is 0. The zero-order chi connectivity index (χ0) is 24.5. The lowest BCUT2D eigenvalue weighted by Crippen LogP contribution is -2.74. The van der Waals surface area contributed by atoms with Gasteiger partial charge >= 0.3 is 0 Å². The third kappa shape index (κ3) is 3.76. The second-order valence-electron chi connectivity index (χ2n) is 12.6. The fourth-order valence-corrected chi connectivity index (χ4v) is 8.40. The van der Waals surface area contributed by atoms with Crippen molar-refractivity contribution < 1.29 is 18.9 Å². The number of ether oxygens (including phenoxy) is 4. The molecule has 4 aliphatic heterocycles. The molecule has 5 heteroatoms. The molecule has 0 aromatic heterocycles. The highest BCUT2D eigenvalue weighted by molar-refractivity contribution is 5.46. The first-order valence-corrected chi connectivity index (χ1v) is 13.8. The number of rotatable bonds is 11. The van der Waals surface area contributed by atoms with Crippen LogP contribution in [0, 0.1) is 22.7 Å². The third-order valence-corrected chi connectivity index (χ3v) is 10.2. The highest BCUT2D eigenvalue weighted by atomic mass is 16.6. The van der Waals surface area contributed by atoms with Gasteiger partial charge in [-0.05, 0) is 48.5 Å². The van der Waals surface area contributed by atoms with Crippen LogP contribution in [0.15, 0.2) is 42.5 Å². The molecule has 1 aromatic rings. The van der Waals surface area contributed by atoms with E-state index in [1.54, 1.807) is 0 Å². The van der Waals surface area contributed by atoms with Gasteiger partial charge in [0.2, 0.25) is 0 Å². The predicted molar refractivity (Wildman–Crippen MR) is 136 cm³/mol. The molecule has 0 saturated carbocycles. The molecule has 5 nitrogen and oxygen atoms in total. The molecule has 8 atom stereocenters. The first-order valence-electron chi connectivity index (χ1n) is 13.8. The van der Waals surface area contributed by atoms with Gasteiger partial charge in [0.15, 0.2) is 0 Å². The first kappa shape index (κ1) is 24.1. The van der Waals surface area contributed by atoms with Crippen LogP contribution in [-0.4, -0.2) is 56.4 Å². The monoisotopic (exact) mass is 481 g/mol. The Morgan fingerprint density at radius 1 is 0.714 bits per heavy atom. The van der Waals surface area contributed by atoms with Crippen molar-refractivity contribution in [3.8, 4) is 0 Å². The Morgan fingerprint density at radius 3 is 1.74 bits per heavy atom. The van der Waals surface area contributed by atoms with Gasteiger partial charge in [-0.15, -0.1) is 0 Å². The van der Waals surface area contributed by atoms with E-state index in [0.29, 0.717) is 17.9 Å². The standard InChI is InChI=1S/C30H43NO4/c1-20(2)27(12-23-16-32-23)10-11-28(31,13-24-17-33-24)30(15-26-19-35-26,22-8-6-5-7-9-22)29(27,21(3)4)14-25-18-34-25/h5-11,20-21,23-26H,12-19,31H2,1-4H3. The molecule has 0 amide bonds. The minimum Gasteiger partial charge on any atom is -0.373 e. The zero-order valence-corrected chi connectivity index (χ0v) is 21.9. The Labute approximate surface area is 210 Å². The summed E-state index contributed by atoms with van der Waals surface area (Å²) < 4.78 is 23.8. The van der Waals surface area contributed by atoms with Crippen LogP contribution in [-0.2, 0) is 24.4 Å². The summed E-state index contributed by atoms with van der Waals surface area (Å²) in [6.07, 6.45) is 9.82. The number of hydrogen-bond donors (Lipinski definition) is 1. The molecule has 35 heavy (non-hydrogen) atoms. The fourth-order valence-electron chi connectivity index (χ4n) is 8.40. The summed E-state index contributed by atoms with van der Waals surface area (Å²) in [4.78, 5) is 0. The summed E-state index contributed by atoms with van der Waals surface area (Å²) in [6.45, 7) is 13.0.